The van der Waals surface area contributed by atoms with Gasteiger partial charge in [0.25, 0.3) is 0 Å². The number of aryl methyl sites for hydroxylation is 1. The van der Waals surface area contributed by atoms with E-state index in [0.29, 0.717) is 25.9 Å². The Hall–Kier alpha value is -2.82. The Kier molecular flexibility index (Phi) is 5.56. The molecule has 0 aromatic heterocycles. The summed E-state index contributed by atoms with van der Waals surface area (Å²) in [5.74, 6) is 0.0425. The summed E-state index contributed by atoms with van der Waals surface area (Å²) in [5.41, 5.74) is 3.82. The lowest BCUT2D eigenvalue weighted by molar-refractivity contribution is -0.132. The maximum atomic E-state index is 12.7. The van der Waals surface area contributed by atoms with Crippen molar-refractivity contribution in [3.63, 3.8) is 0 Å². The maximum Gasteiger partial charge on any atom is 0.227 e. The van der Waals surface area contributed by atoms with Crippen LogP contribution in [0, 0.1) is 12.8 Å². The third-order valence-electron chi connectivity index (χ3n) is 4.83. The van der Waals surface area contributed by atoms with Gasteiger partial charge in [-0.25, -0.2) is 0 Å². The molecule has 2 aromatic carbocycles. The zero-order chi connectivity index (χ0) is 18.5. The molecule has 1 heterocycles. The number of rotatable bonds is 4. The molecule has 1 aliphatic heterocycles. The van der Waals surface area contributed by atoms with Gasteiger partial charge >= 0.3 is 0 Å². The Morgan fingerprint density at radius 3 is 2.19 bits per heavy atom. The van der Waals surface area contributed by atoms with Crippen molar-refractivity contribution in [2.75, 3.05) is 23.7 Å². The molecule has 0 aliphatic carbocycles. The molecule has 0 spiro atoms. The smallest absolute Gasteiger partial charge is 0.227 e. The van der Waals surface area contributed by atoms with E-state index in [1.807, 2.05) is 48.5 Å². The molecule has 0 unspecified atom stereocenters. The number of amides is 2. The lowest BCUT2D eigenvalue weighted by atomic mass is 9.95. The number of nitrogens with zero attached hydrogens (tertiary/aromatic N) is 1. The highest BCUT2D eigenvalue weighted by molar-refractivity contribution is 5.96. The van der Waals surface area contributed by atoms with Crippen LogP contribution in [-0.4, -0.2) is 29.8 Å². The Labute approximate surface area is 154 Å². The van der Waals surface area contributed by atoms with Crippen LogP contribution in [0.5, 0.6) is 0 Å². The van der Waals surface area contributed by atoms with Gasteiger partial charge in [0, 0.05) is 31.6 Å². The Bertz CT molecular complexity index is 778. The van der Waals surface area contributed by atoms with Crippen molar-refractivity contribution in [3.8, 4) is 0 Å². The lowest BCUT2D eigenvalue weighted by Crippen LogP contribution is -2.40. The summed E-state index contributed by atoms with van der Waals surface area (Å²) in [6, 6.07) is 15.8. The third kappa shape index (κ3) is 4.42. The van der Waals surface area contributed by atoms with Crippen LogP contribution in [0.15, 0.2) is 48.5 Å². The quantitative estimate of drug-likeness (QED) is 0.877. The molecular formula is C21H25N3O2. The van der Waals surface area contributed by atoms with E-state index < -0.39 is 0 Å². The molecular weight excluding hydrogens is 326 g/mol. The molecule has 2 aromatic rings. The predicted molar refractivity (Wildman–Crippen MR) is 105 cm³/mol. The van der Waals surface area contributed by atoms with Gasteiger partial charge in [0.15, 0.2) is 0 Å². The number of anilines is 3. The highest BCUT2D eigenvalue weighted by Crippen LogP contribution is 2.27. The summed E-state index contributed by atoms with van der Waals surface area (Å²) in [6.07, 6.45) is 1.41. The van der Waals surface area contributed by atoms with E-state index in [2.05, 4.69) is 17.6 Å². The van der Waals surface area contributed by atoms with Gasteiger partial charge in [-0.1, -0.05) is 29.8 Å². The van der Waals surface area contributed by atoms with E-state index in [9.17, 15) is 9.59 Å². The number of carbonyl (C=O) groups is 2. The zero-order valence-corrected chi connectivity index (χ0v) is 15.3. The molecule has 5 heteroatoms. The fourth-order valence-corrected chi connectivity index (χ4v) is 3.18. The second-order valence-corrected chi connectivity index (χ2v) is 6.81. The number of piperidine rings is 1. The van der Waals surface area contributed by atoms with Crippen LogP contribution in [0.1, 0.15) is 25.3 Å². The largest absolute Gasteiger partial charge is 0.354 e. The molecule has 2 N–H and O–H groups in total. The van der Waals surface area contributed by atoms with Crippen molar-refractivity contribution in [2.45, 2.75) is 26.7 Å². The lowest BCUT2D eigenvalue weighted by Gasteiger charge is -2.30. The Morgan fingerprint density at radius 1 is 0.962 bits per heavy atom. The van der Waals surface area contributed by atoms with E-state index in [1.165, 1.54) is 5.56 Å². The van der Waals surface area contributed by atoms with Crippen LogP contribution in [0.2, 0.25) is 0 Å². The van der Waals surface area contributed by atoms with Crippen LogP contribution in [0.25, 0.3) is 0 Å². The van der Waals surface area contributed by atoms with Crippen LogP contribution in [0.4, 0.5) is 17.1 Å². The van der Waals surface area contributed by atoms with Gasteiger partial charge in [0.05, 0.1) is 11.4 Å². The summed E-state index contributed by atoms with van der Waals surface area (Å²) < 4.78 is 0. The predicted octanol–water partition coefficient (Wildman–Crippen LogP) is 3.94. The first kappa shape index (κ1) is 18.0. The molecule has 26 heavy (non-hydrogen) atoms. The van der Waals surface area contributed by atoms with Gasteiger partial charge < -0.3 is 15.5 Å². The monoisotopic (exact) mass is 351 g/mol. The van der Waals surface area contributed by atoms with Gasteiger partial charge in [-0.2, -0.15) is 0 Å². The molecule has 136 valence electrons. The summed E-state index contributed by atoms with van der Waals surface area (Å²) >= 11 is 0. The second-order valence-electron chi connectivity index (χ2n) is 6.81. The minimum Gasteiger partial charge on any atom is -0.354 e. The molecule has 0 bridgehead atoms. The summed E-state index contributed by atoms with van der Waals surface area (Å²) in [4.78, 5) is 25.9. The minimum atomic E-state index is -0.0574. The van der Waals surface area contributed by atoms with Crippen LogP contribution in [0.3, 0.4) is 0 Å². The maximum absolute atomic E-state index is 12.7. The molecule has 5 nitrogen and oxygen atoms in total. The highest BCUT2D eigenvalue weighted by atomic mass is 16.2. The van der Waals surface area contributed by atoms with Crippen molar-refractivity contribution < 1.29 is 9.59 Å². The first-order chi connectivity index (χ1) is 12.5. The molecule has 1 saturated heterocycles. The van der Waals surface area contributed by atoms with Crippen LogP contribution < -0.4 is 10.6 Å². The molecule has 0 atom stereocenters. The summed E-state index contributed by atoms with van der Waals surface area (Å²) in [6.45, 7) is 4.93. The van der Waals surface area contributed by atoms with Crippen molar-refractivity contribution in [1.29, 1.82) is 0 Å². The standard InChI is InChI=1S/C21H25N3O2/c1-15-7-9-18(10-8-15)22-19-5-3-4-6-20(19)23-21(26)17-11-13-24(14-12-17)16(2)25/h3-10,17,22H,11-14H2,1-2H3,(H,23,26). The van der Waals surface area contributed by atoms with Gasteiger partial charge in [-0.3, -0.25) is 9.59 Å². The molecule has 0 radical (unpaired) electrons. The number of likely N-dealkylation sites (tertiary alicyclic amines) is 1. The second kappa shape index (κ2) is 8.04. The van der Waals surface area contributed by atoms with Crippen molar-refractivity contribution in [2.24, 2.45) is 5.92 Å². The molecule has 1 fully saturated rings. The van der Waals surface area contributed by atoms with Crippen LogP contribution in [-0.2, 0) is 9.59 Å². The first-order valence-electron chi connectivity index (χ1n) is 9.02. The molecule has 0 saturated carbocycles. The normalized spacial score (nSPS) is 14.8. The average Bonchev–Trinajstić information content (AvgIpc) is 2.65. The van der Waals surface area contributed by atoms with E-state index in [-0.39, 0.29) is 17.7 Å². The first-order valence-corrected chi connectivity index (χ1v) is 9.02. The number of carbonyl (C=O) groups excluding carboxylic acids is 2. The molecule has 2 amide bonds. The fourth-order valence-electron chi connectivity index (χ4n) is 3.18. The van der Waals surface area contributed by atoms with Crippen molar-refractivity contribution in [1.82, 2.24) is 4.90 Å². The number of hydrogen-bond donors (Lipinski definition) is 2. The van der Waals surface area contributed by atoms with Crippen LogP contribution >= 0.6 is 0 Å². The molecule has 3 rings (SSSR count). The van der Waals surface area contributed by atoms with E-state index in [1.54, 1.807) is 11.8 Å². The Balaban J connectivity index is 1.65. The molecule has 1 aliphatic rings. The highest BCUT2D eigenvalue weighted by Gasteiger charge is 2.26. The van der Waals surface area contributed by atoms with Crippen molar-refractivity contribution in [3.05, 3.63) is 54.1 Å². The van der Waals surface area contributed by atoms with Gasteiger partial charge in [-0.15, -0.1) is 0 Å². The number of para-hydroxylation sites is 2. The average molecular weight is 351 g/mol. The van der Waals surface area contributed by atoms with E-state index >= 15 is 0 Å². The number of nitrogens with one attached hydrogen (secondary N) is 2. The number of hydrogen-bond acceptors (Lipinski definition) is 3. The summed E-state index contributed by atoms with van der Waals surface area (Å²) in [5, 5.41) is 6.41. The fraction of sp³-hybridized carbons (Fsp3) is 0.333. The van der Waals surface area contributed by atoms with Gasteiger partial charge in [0.2, 0.25) is 11.8 Å². The SMILES string of the molecule is CC(=O)N1CCC(C(=O)Nc2ccccc2Nc2ccc(C)cc2)CC1. The zero-order valence-electron chi connectivity index (χ0n) is 15.3. The third-order valence-corrected chi connectivity index (χ3v) is 4.83. The van der Waals surface area contributed by atoms with E-state index in [4.69, 9.17) is 0 Å². The topological polar surface area (TPSA) is 61.4 Å². The van der Waals surface area contributed by atoms with Gasteiger partial charge in [0.1, 0.15) is 0 Å². The minimum absolute atomic E-state index is 0.0198. The number of benzene rings is 2. The summed E-state index contributed by atoms with van der Waals surface area (Å²) in [7, 11) is 0. The van der Waals surface area contributed by atoms with E-state index in [0.717, 1.165) is 17.1 Å². The van der Waals surface area contributed by atoms with Crippen molar-refractivity contribution >= 4 is 28.9 Å². The Morgan fingerprint density at radius 2 is 1.58 bits per heavy atom. The van der Waals surface area contributed by atoms with Gasteiger partial charge in [-0.05, 0) is 44.0 Å².